The average Bonchev–Trinajstić information content (AvgIpc) is 2.63. The summed E-state index contributed by atoms with van der Waals surface area (Å²) in [5, 5.41) is 11.1. The quantitative estimate of drug-likeness (QED) is 0.640. The van der Waals surface area contributed by atoms with Crippen LogP contribution < -0.4 is 0 Å². The minimum atomic E-state index is -1.01. The van der Waals surface area contributed by atoms with Gasteiger partial charge in [0.25, 0.3) is 0 Å². The van der Waals surface area contributed by atoms with Gasteiger partial charge in [0.15, 0.2) is 0 Å². The molecule has 0 fully saturated rings. The third-order valence-corrected chi connectivity index (χ3v) is 2.95. The van der Waals surface area contributed by atoms with Crippen molar-refractivity contribution in [1.29, 1.82) is 0 Å². The lowest BCUT2D eigenvalue weighted by molar-refractivity contribution is 0.143. The molecule has 0 saturated heterocycles. The Bertz CT molecular complexity index is 669. The number of halogens is 1. The molecule has 0 aliphatic rings. The summed E-state index contributed by atoms with van der Waals surface area (Å²) in [6.45, 7) is 7.52. The Hall–Kier alpha value is -1.50. The second kappa shape index (κ2) is 4.88. The molecular weight excluding hydrogens is 260 g/mol. The van der Waals surface area contributed by atoms with Gasteiger partial charge in [-0.3, -0.25) is 0 Å². The molecule has 0 aliphatic carbocycles. The summed E-state index contributed by atoms with van der Waals surface area (Å²) < 4.78 is 2.11. The lowest BCUT2D eigenvalue weighted by atomic mass is 10.1. The van der Waals surface area contributed by atoms with Crippen molar-refractivity contribution in [2.24, 2.45) is 0 Å². The van der Waals surface area contributed by atoms with E-state index >= 15 is 0 Å². The molecule has 0 aliphatic heterocycles. The second-order valence-corrected chi connectivity index (χ2v) is 5.76. The van der Waals surface area contributed by atoms with Crippen LogP contribution in [-0.4, -0.2) is 20.3 Å². The van der Waals surface area contributed by atoms with Crippen LogP contribution in [0.1, 0.15) is 39.3 Å². The van der Waals surface area contributed by atoms with E-state index in [0.29, 0.717) is 11.2 Å². The first-order valence-corrected chi connectivity index (χ1v) is 6.57. The first-order chi connectivity index (χ1) is 8.78. The van der Waals surface area contributed by atoms with Crippen LogP contribution in [0.2, 0.25) is 5.15 Å². The molecule has 0 spiro atoms. The van der Waals surface area contributed by atoms with Crippen molar-refractivity contribution in [1.82, 2.24) is 9.55 Å². The smallest absolute Gasteiger partial charge is 0.131 e. The van der Waals surface area contributed by atoms with Crippen LogP contribution in [0.5, 0.6) is 0 Å². The average molecular weight is 277 g/mol. The molecule has 3 nitrogen and oxygen atoms in total. The molecule has 4 heteroatoms. The summed E-state index contributed by atoms with van der Waals surface area (Å²) in [4.78, 5) is 4.11. The highest BCUT2D eigenvalue weighted by Gasteiger charge is 2.12. The molecule has 2 aromatic rings. The fraction of sp³-hybridized carbons (Fsp3) is 0.400. The van der Waals surface area contributed by atoms with E-state index in [4.69, 9.17) is 11.6 Å². The van der Waals surface area contributed by atoms with Gasteiger partial charge in [-0.2, -0.15) is 0 Å². The van der Waals surface area contributed by atoms with Crippen LogP contribution in [0, 0.1) is 11.8 Å². The Morgan fingerprint density at radius 1 is 1.42 bits per heavy atom. The number of aromatic nitrogens is 2. The van der Waals surface area contributed by atoms with Gasteiger partial charge >= 0.3 is 0 Å². The molecular formula is C15H17ClN2O. The van der Waals surface area contributed by atoms with Crippen LogP contribution in [0.3, 0.4) is 0 Å². The zero-order valence-electron chi connectivity index (χ0n) is 11.5. The van der Waals surface area contributed by atoms with E-state index < -0.39 is 5.60 Å². The molecule has 2 rings (SSSR count). The molecule has 2 aromatic heterocycles. The molecule has 0 atom stereocenters. The number of pyridine rings is 1. The van der Waals surface area contributed by atoms with E-state index in [1.807, 2.05) is 12.3 Å². The van der Waals surface area contributed by atoms with Gasteiger partial charge in [0.1, 0.15) is 10.8 Å². The van der Waals surface area contributed by atoms with E-state index in [1.54, 1.807) is 20.0 Å². The Labute approximate surface area is 118 Å². The normalized spacial score (nSPS) is 11.7. The van der Waals surface area contributed by atoms with Crippen molar-refractivity contribution in [3.05, 3.63) is 29.2 Å². The maximum atomic E-state index is 9.69. The Kier molecular flexibility index (Phi) is 3.58. The molecule has 2 heterocycles. The molecule has 0 unspecified atom stereocenters. The molecule has 0 bridgehead atoms. The van der Waals surface area contributed by atoms with E-state index in [9.17, 15) is 5.11 Å². The Balaban J connectivity index is 2.65. The number of nitrogens with zero attached hydrogens (tertiary/aromatic N) is 2. The van der Waals surface area contributed by atoms with Crippen molar-refractivity contribution in [3.63, 3.8) is 0 Å². The summed E-state index contributed by atoms with van der Waals surface area (Å²) in [6.07, 6.45) is 3.71. The van der Waals surface area contributed by atoms with Crippen molar-refractivity contribution in [3.8, 4) is 11.8 Å². The number of fused-ring (bicyclic) bond motifs is 1. The lowest BCUT2D eigenvalue weighted by Gasteiger charge is -2.08. The monoisotopic (exact) mass is 276 g/mol. The largest absolute Gasteiger partial charge is 0.378 e. The van der Waals surface area contributed by atoms with Crippen molar-refractivity contribution >= 4 is 22.5 Å². The van der Waals surface area contributed by atoms with E-state index in [2.05, 4.69) is 35.2 Å². The molecule has 19 heavy (non-hydrogen) atoms. The van der Waals surface area contributed by atoms with Crippen LogP contribution >= 0.6 is 11.6 Å². The highest BCUT2D eigenvalue weighted by molar-refractivity contribution is 6.30. The topological polar surface area (TPSA) is 38.0 Å². The third-order valence-electron chi connectivity index (χ3n) is 2.74. The van der Waals surface area contributed by atoms with Gasteiger partial charge in [0.05, 0.1) is 11.1 Å². The van der Waals surface area contributed by atoms with Gasteiger partial charge < -0.3 is 9.67 Å². The third kappa shape index (κ3) is 3.09. The zero-order chi connectivity index (χ0) is 14.2. The van der Waals surface area contributed by atoms with Crippen molar-refractivity contribution < 1.29 is 5.11 Å². The minimum absolute atomic E-state index is 0.304. The maximum absolute atomic E-state index is 9.69. The molecule has 1 N–H and O–H groups in total. The van der Waals surface area contributed by atoms with Gasteiger partial charge in [-0.1, -0.05) is 23.4 Å². The molecule has 0 aromatic carbocycles. The predicted octanol–water partition coefficient (Wildman–Crippen LogP) is 3.39. The highest BCUT2D eigenvalue weighted by Crippen LogP contribution is 2.25. The van der Waals surface area contributed by atoms with Gasteiger partial charge in [-0.05, 0) is 33.8 Å². The van der Waals surface area contributed by atoms with Crippen molar-refractivity contribution in [2.75, 3.05) is 0 Å². The van der Waals surface area contributed by atoms with Crippen LogP contribution in [0.4, 0.5) is 0 Å². The van der Waals surface area contributed by atoms with Crippen LogP contribution in [0.15, 0.2) is 18.5 Å². The van der Waals surface area contributed by atoms with Crippen LogP contribution in [0.25, 0.3) is 10.9 Å². The minimum Gasteiger partial charge on any atom is -0.378 e. The predicted molar refractivity (Wildman–Crippen MR) is 78.3 cm³/mol. The summed E-state index contributed by atoms with van der Waals surface area (Å²) >= 11 is 5.95. The van der Waals surface area contributed by atoms with E-state index in [1.165, 1.54) is 0 Å². The van der Waals surface area contributed by atoms with Gasteiger partial charge in [0.2, 0.25) is 0 Å². The number of aliphatic hydroxyl groups is 1. The van der Waals surface area contributed by atoms with Crippen LogP contribution in [-0.2, 0) is 0 Å². The molecule has 0 saturated carbocycles. The number of hydrogen-bond donors (Lipinski definition) is 1. The highest BCUT2D eigenvalue weighted by atomic mass is 35.5. The fourth-order valence-corrected chi connectivity index (χ4v) is 2.02. The molecule has 0 radical (unpaired) electrons. The Morgan fingerprint density at radius 2 is 2.11 bits per heavy atom. The van der Waals surface area contributed by atoms with Gasteiger partial charge in [0, 0.05) is 23.8 Å². The molecule has 0 amide bonds. The van der Waals surface area contributed by atoms with E-state index in [-0.39, 0.29) is 0 Å². The standard InChI is InChI=1S/C15H17ClN2O/c1-10(2)18-9-11(5-6-15(3,4)19)12-8-17-14(16)7-13(12)18/h7-10,19H,1-4H3. The SMILES string of the molecule is CC(C)n1cc(C#CC(C)(C)O)c2cnc(Cl)cc21. The number of rotatable bonds is 1. The first-order valence-electron chi connectivity index (χ1n) is 6.19. The molecule has 100 valence electrons. The zero-order valence-corrected chi connectivity index (χ0v) is 12.3. The van der Waals surface area contributed by atoms with Crippen molar-refractivity contribution in [2.45, 2.75) is 39.3 Å². The Morgan fingerprint density at radius 3 is 2.68 bits per heavy atom. The summed E-state index contributed by atoms with van der Waals surface area (Å²) in [6, 6.07) is 2.14. The summed E-state index contributed by atoms with van der Waals surface area (Å²) in [7, 11) is 0. The second-order valence-electron chi connectivity index (χ2n) is 5.38. The fourth-order valence-electron chi connectivity index (χ4n) is 1.87. The van der Waals surface area contributed by atoms with E-state index in [0.717, 1.165) is 16.5 Å². The maximum Gasteiger partial charge on any atom is 0.131 e. The van der Waals surface area contributed by atoms with Gasteiger partial charge in [-0.15, -0.1) is 0 Å². The summed E-state index contributed by atoms with van der Waals surface area (Å²) in [5.74, 6) is 5.85. The summed E-state index contributed by atoms with van der Waals surface area (Å²) in [5.41, 5.74) is 0.858. The number of hydrogen-bond acceptors (Lipinski definition) is 2. The lowest BCUT2D eigenvalue weighted by Crippen LogP contribution is -2.14. The van der Waals surface area contributed by atoms with Gasteiger partial charge in [-0.25, -0.2) is 4.98 Å². The first kappa shape index (κ1) is 13.9.